The zero-order valence-electron chi connectivity index (χ0n) is 15.1. The summed E-state index contributed by atoms with van der Waals surface area (Å²) < 4.78 is 11.9. The van der Waals surface area contributed by atoms with Crippen molar-refractivity contribution in [2.75, 3.05) is 18.5 Å². The van der Waals surface area contributed by atoms with Crippen LogP contribution >= 0.6 is 15.9 Å². The highest BCUT2D eigenvalue weighted by molar-refractivity contribution is 9.10. The Morgan fingerprint density at radius 3 is 2.58 bits per heavy atom. The van der Waals surface area contributed by atoms with E-state index in [0.29, 0.717) is 24.0 Å². The quantitative estimate of drug-likeness (QED) is 0.544. The normalized spacial score (nSPS) is 11.5. The molecule has 0 aliphatic carbocycles. The van der Waals surface area contributed by atoms with E-state index >= 15 is 0 Å². The van der Waals surface area contributed by atoms with Gasteiger partial charge in [-0.1, -0.05) is 32.6 Å². The first kappa shape index (κ1) is 20.0. The van der Waals surface area contributed by atoms with Gasteiger partial charge >= 0.3 is 0 Å². The standard InChI is InChI=1S/C21H24BrNO3/c1-4-12-25-18-9-7-17(8-10-18)23-21(24)14-26-20-11-6-16(13-19(20)22)15(3)5-2/h4,6-11,13,15H,1,5,12,14H2,2-3H3,(H,23,24). The van der Waals surface area contributed by atoms with Gasteiger partial charge in [-0.25, -0.2) is 0 Å². The molecule has 5 heteroatoms. The molecule has 0 spiro atoms. The van der Waals surface area contributed by atoms with Crippen LogP contribution in [0.5, 0.6) is 11.5 Å². The fourth-order valence-electron chi connectivity index (χ4n) is 2.31. The van der Waals surface area contributed by atoms with Gasteiger partial charge < -0.3 is 14.8 Å². The zero-order chi connectivity index (χ0) is 18.9. The van der Waals surface area contributed by atoms with Crippen LogP contribution in [0, 0.1) is 0 Å². The van der Waals surface area contributed by atoms with E-state index in [4.69, 9.17) is 9.47 Å². The van der Waals surface area contributed by atoms with Crippen molar-refractivity contribution in [1.82, 2.24) is 0 Å². The molecule has 0 saturated heterocycles. The van der Waals surface area contributed by atoms with Gasteiger partial charge in [-0.15, -0.1) is 0 Å². The molecule has 138 valence electrons. The lowest BCUT2D eigenvalue weighted by molar-refractivity contribution is -0.118. The van der Waals surface area contributed by atoms with Gasteiger partial charge in [0.2, 0.25) is 0 Å². The molecule has 1 atom stereocenters. The Morgan fingerprint density at radius 1 is 1.23 bits per heavy atom. The van der Waals surface area contributed by atoms with Gasteiger partial charge in [0.25, 0.3) is 5.91 Å². The number of anilines is 1. The van der Waals surface area contributed by atoms with Crippen LogP contribution in [0.1, 0.15) is 31.7 Å². The van der Waals surface area contributed by atoms with Crippen molar-refractivity contribution >= 4 is 27.5 Å². The number of rotatable bonds is 9. The van der Waals surface area contributed by atoms with Gasteiger partial charge in [-0.2, -0.15) is 0 Å². The lowest BCUT2D eigenvalue weighted by atomic mass is 9.99. The monoisotopic (exact) mass is 417 g/mol. The van der Waals surface area contributed by atoms with Crippen LogP contribution in [0.25, 0.3) is 0 Å². The van der Waals surface area contributed by atoms with Crippen LogP contribution in [0.15, 0.2) is 59.6 Å². The minimum atomic E-state index is -0.220. The first-order chi connectivity index (χ1) is 12.5. The maximum Gasteiger partial charge on any atom is 0.262 e. The highest BCUT2D eigenvalue weighted by atomic mass is 79.9. The Balaban J connectivity index is 1.87. The summed E-state index contributed by atoms with van der Waals surface area (Å²) in [7, 11) is 0. The van der Waals surface area contributed by atoms with Gasteiger partial charge in [-0.05, 0) is 70.2 Å². The Kier molecular flexibility index (Phi) is 7.73. The third kappa shape index (κ3) is 5.92. The van der Waals surface area contributed by atoms with Crippen molar-refractivity contribution in [2.24, 2.45) is 0 Å². The largest absolute Gasteiger partial charge is 0.490 e. The fraction of sp³-hybridized carbons (Fsp3) is 0.286. The molecular formula is C21H24BrNO3. The third-order valence-electron chi connectivity index (χ3n) is 4.00. The number of hydrogen-bond donors (Lipinski definition) is 1. The summed E-state index contributed by atoms with van der Waals surface area (Å²) in [6, 6.07) is 13.1. The van der Waals surface area contributed by atoms with E-state index in [1.54, 1.807) is 30.3 Å². The Bertz CT molecular complexity index is 743. The smallest absolute Gasteiger partial charge is 0.262 e. The number of carbonyl (C=O) groups is 1. The van der Waals surface area contributed by atoms with E-state index in [9.17, 15) is 4.79 Å². The predicted molar refractivity (Wildman–Crippen MR) is 109 cm³/mol. The van der Waals surface area contributed by atoms with Crippen molar-refractivity contribution in [2.45, 2.75) is 26.2 Å². The number of benzene rings is 2. The summed E-state index contributed by atoms with van der Waals surface area (Å²) in [5.74, 6) is 1.65. The van der Waals surface area contributed by atoms with Crippen molar-refractivity contribution in [3.05, 3.63) is 65.2 Å². The number of amides is 1. The lowest BCUT2D eigenvalue weighted by Crippen LogP contribution is -2.20. The molecule has 1 amide bonds. The Labute approximate surface area is 163 Å². The third-order valence-corrected chi connectivity index (χ3v) is 4.62. The topological polar surface area (TPSA) is 47.6 Å². The van der Waals surface area contributed by atoms with Gasteiger partial charge in [0.05, 0.1) is 4.47 Å². The highest BCUT2D eigenvalue weighted by Crippen LogP contribution is 2.30. The van der Waals surface area contributed by atoms with E-state index in [1.807, 2.05) is 18.2 Å². The molecule has 2 rings (SSSR count). The van der Waals surface area contributed by atoms with Crippen LogP contribution in [0.2, 0.25) is 0 Å². The predicted octanol–water partition coefficient (Wildman–Crippen LogP) is 5.54. The molecule has 2 aromatic rings. The molecule has 0 aliphatic heterocycles. The van der Waals surface area contributed by atoms with Crippen LogP contribution < -0.4 is 14.8 Å². The summed E-state index contributed by atoms with van der Waals surface area (Å²) in [6.07, 6.45) is 2.76. The van der Waals surface area contributed by atoms with Crippen molar-refractivity contribution in [3.63, 3.8) is 0 Å². The summed E-state index contributed by atoms with van der Waals surface area (Å²) >= 11 is 3.51. The number of ether oxygens (including phenoxy) is 2. The molecule has 0 aliphatic rings. The molecule has 1 unspecified atom stereocenters. The van der Waals surface area contributed by atoms with Crippen LogP contribution in [0.4, 0.5) is 5.69 Å². The fourth-order valence-corrected chi connectivity index (χ4v) is 2.82. The summed E-state index contributed by atoms with van der Waals surface area (Å²) in [6.45, 7) is 8.33. The van der Waals surface area contributed by atoms with E-state index in [-0.39, 0.29) is 12.5 Å². The van der Waals surface area contributed by atoms with Gasteiger partial charge in [0, 0.05) is 5.69 Å². The van der Waals surface area contributed by atoms with E-state index < -0.39 is 0 Å². The second-order valence-corrected chi connectivity index (χ2v) is 6.81. The molecule has 2 aromatic carbocycles. The van der Waals surface area contributed by atoms with Gasteiger partial charge in [-0.3, -0.25) is 4.79 Å². The molecule has 0 bridgehead atoms. The molecular weight excluding hydrogens is 394 g/mol. The Hall–Kier alpha value is -2.27. The van der Waals surface area contributed by atoms with Crippen LogP contribution in [-0.2, 0) is 4.79 Å². The van der Waals surface area contributed by atoms with Crippen molar-refractivity contribution < 1.29 is 14.3 Å². The lowest BCUT2D eigenvalue weighted by Gasteiger charge is -2.13. The number of halogens is 1. The maximum absolute atomic E-state index is 12.1. The zero-order valence-corrected chi connectivity index (χ0v) is 16.7. The van der Waals surface area contributed by atoms with Crippen LogP contribution in [-0.4, -0.2) is 19.1 Å². The summed E-state index contributed by atoms with van der Waals surface area (Å²) in [5, 5.41) is 2.80. The minimum Gasteiger partial charge on any atom is -0.490 e. The first-order valence-electron chi connectivity index (χ1n) is 8.59. The molecule has 0 radical (unpaired) electrons. The average Bonchev–Trinajstić information content (AvgIpc) is 2.65. The van der Waals surface area contributed by atoms with Gasteiger partial charge in [0.15, 0.2) is 6.61 Å². The number of nitrogens with one attached hydrogen (secondary N) is 1. The number of carbonyl (C=O) groups excluding carboxylic acids is 1. The molecule has 0 saturated carbocycles. The van der Waals surface area contributed by atoms with E-state index in [2.05, 4.69) is 41.7 Å². The Morgan fingerprint density at radius 2 is 1.96 bits per heavy atom. The minimum absolute atomic E-state index is 0.0595. The molecule has 26 heavy (non-hydrogen) atoms. The molecule has 0 aromatic heterocycles. The molecule has 0 heterocycles. The van der Waals surface area contributed by atoms with Crippen molar-refractivity contribution in [3.8, 4) is 11.5 Å². The molecule has 1 N–H and O–H groups in total. The van der Waals surface area contributed by atoms with Crippen LogP contribution in [0.3, 0.4) is 0 Å². The summed E-state index contributed by atoms with van der Waals surface area (Å²) in [4.78, 5) is 12.1. The van der Waals surface area contributed by atoms with E-state index in [0.717, 1.165) is 16.6 Å². The van der Waals surface area contributed by atoms with Crippen molar-refractivity contribution in [1.29, 1.82) is 0 Å². The summed E-state index contributed by atoms with van der Waals surface area (Å²) in [5.41, 5.74) is 1.94. The van der Waals surface area contributed by atoms with Gasteiger partial charge in [0.1, 0.15) is 18.1 Å². The van der Waals surface area contributed by atoms with E-state index in [1.165, 1.54) is 5.56 Å². The highest BCUT2D eigenvalue weighted by Gasteiger charge is 2.09. The maximum atomic E-state index is 12.1. The SMILES string of the molecule is C=CCOc1ccc(NC(=O)COc2ccc(C(C)CC)cc2Br)cc1. The second-order valence-electron chi connectivity index (χ2n) is 5.96. The molecule has 4 nitrogen and oxygen atoms in total. The number of hydrogen-bond acceptors (Lipinski definition) is 3. The first-order valence-corrected chi connectivity index (χ1v) is 9.38. The average molecular weight is 418 g/mol. The second kappa shape index (κ2) is 10.0. The molecule has 0 fully saturated rings.